The lowest BCUT2D eigenvalue weighted by Gasteiger charge is -2.29. The number of hydrogen-bond donors (Lipinski definition) is 1. The molecule has 1 N–H and O–H groups in total. The van der Waals surface area contributed by atoms with Crippen LogP contribution >= 0.6 is 0 Å². The molecule has 0 radical (unpaired) electrons. The highest BCUT2D eigenvalue weighted by atomic mass is 32.2. The number of benzene rings is 2. The second-order valence-corrected chi connectivity index (χ2v) is 9.07. The first-order valence-corrected chi connectivity index (χ1v) is 10.9. The highest BCUT2D eigenvalue weighted by molar-refractivity contribution is 7.89. The van der Waals surface area contributed by atoms with E-state index in [-0.39, 0.29) is 10.8 Å². The van der Waals surface area contributed by atoms with Crippen LogP contribution in [0.5, 0.6) is 11.5 Å². The van der Waals surface area contributed by atoms with Crippen LogP contribution in [-0.2, 0) is 10.0 Å². The van der Waals surface area contributed by atoms with Gasteiger partial charge in [0.2, 0.25) is 10.0 Å². The molecular weight excluding hydrogens is 392 g/mol. The minimum atomic E-state index is -3.51. The Labute approximate surface area is 171 Å². The molecule has 8 heteroatoms. The van der Waals surface area contributed by atoms with Gasteiger partial charge in [0.25, 0.3) is 5.91 Å². The third-order valence-electron chi connectivity index (χ3n) is 5.14. The fourth-order valence-corrected chi connectivity index (χ4v) is 4.73. The number of anilines is 1. The Morgan fingerprint density at radius 1 is 1.00 bits per heavy atom. The van der Waals surface area contributed by atoms with Gasteiger partial charge in [0.05, 0.1) is 19.1 Å². The van der Waals surface area contributed by atoms with Crippen molar-refractivity contribution in [3.05, 3.63) is 48.0 Å². The fraction of sp³-hybridized carbons (Fsp3) is 0.381. The Morgan fingerprint density at radius 2 is 1.62 bits per heavy atom. The number of nitrogens with one attached hydrogen (secondary N) is 1. The number of carbonyl (C=O) groups excluding carboxylic acids is 1. The highest BCUT2D eigenvalue weighted by Crippen LogP contribution is 2.28. The number of hydrogen-bond acceptors (Lipinski definition) is 5. The Hall–Kier alpha value is -2.58. The molecule has 1 saturated heterocycles. The smallest absolute Gasteiger partial charge is 0.255 e. The van der Waals surface area contributed by atoms with Crippen LogP contribution in [0.25, 0.3) is 0 Å². The number of nitrogens with zero attached hydrogens (tertiary/aromatic N) is 1. The molecule has 2 aromatic rings. The van der Waals surface area contributed by atoms with Crippen LogP contribution in [0.3, 0.4) is 0 Å². The minimum absolute atomic E-state index is 0.233. The lowest BCUT2D eigenvalue weighted by molar-refractivity contribution is 0.102. The van der Waals surface area contributed by atoms with Gasteiger partial charge in [0.1, 0.15) is 0 Å². The first-order valence-electron chi connectivity index (χ1n) is 9.48. The van der Waals surface area contributed by atoms with E-state index in [1.54, 1.807) is 30.3 Å². The van der Waals surface area contributed by atoms with Gasteiger partial charge < -0.3 is 14.8 Å². The SMILES string of the molecule is COc1ccc(C(=O)Nc2ccc(S(=O)(=O)N3CCC(C)CC3)cc2)cc1OC. The van der Waals surface area contributed by atoms with Gasteiger partial charge in [-0.3, -0.25) is 4.79 Å². The summed E-state index contributed by atoms with van der Waals surface area (Å²) >= 11 is 0. The van der Waals surface area contributed by atoms with Crippen molar-refractivity contribution in [2.45, 2.75) is 24.7 Å². The van der Waals surface area contributed by atoms with E-state index >= 15 is 0 Å². The summed E-state index contributed by atoms with van der Waals surface area (Å²) in [7, 11) is -0.482. The summed E-state index contributed by atoms with van der Waals surface area (Å²) in [6.45, 7) is 3.22. The Balaban J connectivity index is 1.71. The molecule has 0 saturated carbocycles. The van der Waals surface area contributed by atoms with Crippen molar-refractivity contribution in [3.8, 4) is 11.5 Å². The van der Waals surface area contributed by atoms with Crippen LogP contribution in [0, 0.1) is 5.92 Å². The van der Waals surface area contributed by atoms with Crippen molar-refractivity contribution in [1.82, 2.24) is 4.31 Å². The maximum Gasteiger partial charge on any atom is 0.255 e. The minimum Gasteiger partial charge on any atom is -0.493 e. The van der Waals surface area contributed by atoms with E-state index in [1.807, 2.05) is 0 Å². The van der Waals surface area contributed by atoms with E-state index in [1.165, 1.54) is 30.7 Å². The van der Waals surface area contributed by atoms with E-state index in [0.717, 1.165) is 12.8 Å². The van der Waals surface area contributed by atoms with Crippen molar-refractivity contribution in [1.29, 1.82) is 0 Å². The summed E-state index contributed by atoms with van der Waals surface area (Å²) in [6, 6.07) is 11.1. The molecule has 1 aliphatic heterocycles. The first kappa shape index (κ1) is 21.1. The van der Waals surface area contributed by atoms with E-state index in [2.05, 4.69) is 12.2 Å². The quantitative estimate of drug-likeness (QED) is 0.777. The van der Waals surface area contributed by atoms with Crippen LogP contribution in [0.1, 0.15) is 30.1 Å². The van der Waals surface area contributed by atoms with Gasteiger partial charge >= 0.3 is 0 Å². The normalized spacial score (nSPS) is 15.7. The summed E-state index contributed by atoms with van der Waals surface area (Å²) in [4.78, 5) is 12.7. The molecule has 0 atom stereocenters. The van der Waals surface area contributed by atoms with Crippen LogP contribution in [0.4, 0.5) is 5.69 Å². The third kappa shape index (κ3) is 4.71. The molecule has 0 spiro atoms. The Bertz CT molecular complexity index is 965. The summed E-state index contributed by atoms with van der Waals surface area (Å²) in [5.74, 6) is 1.21. The van der Waals surface area contributed by atoms with Gasteiger partial charge in [0.15, 0.2) is 11.5 Å². The summed E-state index contributed by atoms with van der Waals surface area (Å²) < 4.78 is 37.5. The molecule has 0 bridgehead atoms. The topological polar surface area (TPSA) is 84.9 Å². The number of rotatable bonds is 6. The molecule has 156 valence electrons. The van der Waals surface area contributed by atoms with Gasteiger partial charge in [-0.05, 0) is 61.2 Å². The van der Waals surface area contributed by atoms with Gasteiger partial charge in [-0.1, -0.05) is 6.92 Å². The molecule has 0 aromatic heterocycles. The predicted octanol–water partition coefficient (Wildman–Crippen LogP) is 3.38. The van der Waals surface area contributed by atoms with Crippen molar-refractivity contribution >= 4 is 21.6 Å². The second-order valence-electron chi connectivity index (χ2n) is 7.13. The number of carbonyl (C=O) groups is 1. The Morgan fingerprint density at radius 3 is 2.21 bits per heavy atom. The lowest BCUT2D eigenvalue weighted by Crippen LogP contribution is -2.37. The van der Waals surface area contributed by atoms with Gasteiger partial charge in [-0.15, -0.1) is 0 Å². The van der Waals surface area contributed by atoms with E-state index < -0.39 is 10.0 Å². The fourth-order valence-electron chi connectivity index (χ4n) is 3.27. The summed E-state index contributed by atoms with van der Waals surface area (Å²) in [6.07, 6.45) is 1.75. The molecule has 1 amide bonds. The van der Waals surface area contributed by atoms with Gasteiger partial charge in [0, 0.05) is 24.3 Å². The standard InChI is InChI=1S/C21H26N2O5S/c1-15-10-12-23(13-11-15)29(25,26)18-7-5-17(6-8-18)22-21(24)16-4-9-19(27-2)20(14-16)28-3/h4-9,14-15H,10-13H2,1-3H3,(H,22,24). The lowest BCUT2D eigenvalue weighted by atomic mass is 10.0. The maximum absolute atomic E-state index is 12.8. The van der Waals surface area contributed by atoms with Crippen LogP contribution in [-0.4, -0.2) is 45.9 Å². The van der Waals surface area contributed by atoms with Gasteiger partial charge in [-0.25, -0.2) is 8.42 Å². The number of amides is 1. The van der Waals surface area contributed by atoms with Crippen molar-refractivity contribution in [3.63, 3.8) is 0 Å². The molecule has 1 fully saturated rings. The third-order valence-corrected chi connectivity index (χ3v) is 7.05. The van der Waals surface area contributed by atoms with Crippen molar-refractivity contribution < 1.29 is 22.7 Å². The molecule has 29 heavy (non-hydrogen) atoms. The number of sulfonamides is 1. The Kier molecular flexibility index (Phi) is 6.44. The second kappa shape index (κ2) is 8.84. The number of ether oxygens (including phenoxy) is 2. The summed E-state index contributed by atoms with van der Waals surface area (Å²) in [5.41, 5.74) is 0.915. The first-order chi connectivity index (χ1) is 13.8. The zero-order valence-electron chi connectivity index (χ0n) is 16.8. The molecule has 1 heterocycles. The average Bonchev–Trinajstić information content (AvgIpc) is 2.73. The molecule has 3 rings (SSSR count). The molecule has 1 aliphatic rings. The molecule has 7 nitrogen and oxygen atoms in total. The van der Waals surface area contributed by atoms with Crippen molar-refractivity contribution in [2.75, 3.05) is 32.6 Å². The zero-order chi connectivity index (χ0) is 21.0. The van der Waals surface area contributed by atoms with Crippen LogP contribution in [0.2, 0.25) is 0 Å². The predicted molar refractivity (Wildman–Crippen MR) is 111 cm³/mol. The zero-order valence-corrected chi connectivity index (χ0v) is 17.7. The van der Waals surface area contributed by atoms with E-state index in [9.17, 15) is 13.2 Å². The van der Waals surface area contributed by atoms with E-state index in [4.69, 9.17) is 9.47 Å². The number of methoxy groups -OCH3 is 2. The monoisotopic (exact) mass is 418 g/mol. The van der Waals surface area contributed by atoms with E-state index in [0.29, 0.717) is 41.8 Å². The summed E-state index contributed by atoms with van der Waals surface area (Å²) in [5, 5.41) is 2.77. The van der Waals surface area contributed by atoms with Gasteiger partial charge in [-0.2, -0.15) is 4.31 Å². The average molecular weight is 419 g/mol. The number of piperidine rings is 1. The molecule has 0 unspecified atom stereocenters. The maximum atomic E-state index is 12.8. The molecule has 0 aliphatic carbocycles. The van der Waals surface area contributed by atoms with Crippen LogP contribution < -0.4 is 14.8 Å². The largest absolute Gasteiger partial charge is 0.493 e. The van der Waals surface area contributed by atoms with Crippen molar-refractivity contribution in [2.24, 2.45) is 5.92 Å². The molecule has 2 aromatic carbocycles. The highest BCUT2D eigenvalue weighted by Gasteiger charge is 2.27. The molecular formula is C21H26N2O5S. The van der Waals surface area contributed by atoms with Crippen LogP contribution in [0.15, 0.2) is 47.4 Å².